The quantitative estimate of drug-likeness (QED) is 0.793. The number of aliphatic hydroxyl groups is 1. The third-order valence-electron chi connectivity index (χ3n) is 3.01. The highest BCUT2D eigenvalue weighted by molar-refractivity contribution is 5.89. The molecule has 1 aliphatic heterocycles. The van der Waals surface area contributed by atoms with E-state index in [-0.39, 0.29) is 17.3 Å². The summed E-state index contributed by atoms with van der Waals surface area (Å²) in [5, 5.41) is 13.4. The maximum absolute atomic E-state index is 13.0. The number of halogens is 3. The number of carbonyl (C=O) groups is 1. The van der Waals surface area contributed by atoms with E-state index in [0.717, 1.165) is 12.8 Å². The van der Waals surface area contributed by atoms with E-state index in [0.29, 0.717) is 12.8 Å². The lowest BCUT2D eigenvalue weighted by molar-refractivity contribution is -0.299. The second-order valence-electron chi connectivity index (χ2n) is 4.63. The molecule has 1 rings (SSSR count). The summed E-state index contributed by atoms with van der Waals surface area (Å²) < 4.78 is 43.5. The molecule has 8 heteroatoms. The molecule has 0 fully saturated rings. The Labute approximate surface area is 115 Å². The minimum absolute atomic E-state index is 0.0117. The second-order valence-corrected chi connectivity index (χ2v) is 4.63. The summed E-state index contributed by atoms with van der Waals surface area (Å²) in [7, 11) is 0. The predicted octanol–water partition coefficient (Wildman–Crippen LogP) is 3.04. The third kappa shape index (κ3) is 3.41. The average molecular weight is 296 g/mol. The smallest absolute Gasteiger partial charge is 0.439 e. The summed E-state index contributed by atoms with van der Waals surface area (Å²) in [4.78, 5) is 11.5. The molecule has 0 saturated heterocycles. The average Bonchev–Trinajstić information content (AvgIpc) is 2.68. The lowest BCUT2D eigenvalue weighted by Gasteiger charge is -2.31. The van der Waals surface area contributed by atoms with Crippen molar-refractivity contribution in [2.24, 2.45) is 5.10 Å². The van der Waals surface area contributed by atoms with Gasteiger partial charge in [-0.15, -0.1) is 0 Å². The molecule has 1 heterocycles. The zero-order valence-corrected chi connectivity index (χ0v) is 11.5. The van der Waals surface area contributed by atoms with Gasteiger partial charge in [-0.05, 0) is 19.8 Å². The van der Waals surface area contributed by atoms with E-state index in [1.165, 1.54) is 6.92 Å². The van der Waals surface area contributed by atoms with Gasteiger partial charge in [0, 0.05) is 12.1 Å². The van der Waals surface area contributed by atoms with Gasteiger partial charge in [0.25, 0.3) is 5.72 Å². The van der Waals surface area contributed by atoms with Gasteiger partial charge in [0.05, 0.1) is 6.61 Å². The number of ether oxygens (including phenoxy) is 1. The van der Waals surface area contributed by atoms with Gasteiger partial charge < -0.3 is 9.84 Å². The standard InChI is InChI=1S/C12H19F3N2O3/c1-3-5-6-7-9-8-11(19,12(13,14)15)17(16-9)10(18)20-4-2/h19H,3-8H2,1-2H3/t11-/m1/s1. The Kier molecular flexibility index (Phi) is 5.38. The van der Waals surface area contributed by atoms with Crippen LogP contribution in [0, 0.1) is 0 Å². The molecule has 0 saturated carbocycles. The highest BCUT2D eigenvalue weighted by Gasteiger charge is 2.63. The predicted molar refractivity (Wildman–Crippen MR) is 66.1 cm³/mol. The van der Waals surface area contributed by atoms with Gasteiger partial charge >= 0.3 is 12.3 Å². The molecule has 0 aromatic carbocycles. The summed E-state index contributed by atoms with van der Waals surface area (Å²) in [6, 6.07) is 0. The first-order valence-corrected chi connectivity index (χ1v) is 6.58. The van der Waals surface area contributed by atoms with E-state index < -0.39 is 24.4 Å². The van der Waals surface area contributed by atoms with Crippen molar-refractivity contribution in [2.45, 2.75) is 57.9 Å². The van der Waals surface area contributed by atoms with E-state index in [1.54, 1.807) is 0 Å². The Morgan fingerprint density at radius 3 is 2.60 bits per heavy atom. The van der Waals surface area contributed by atoms with Crippen molar-refractivity contribution in [2.75, 3.05) is 6.61 Å². The summed E-state index contributed by atoms with van der Waals surface area (Å²) >= 11 is 0. The molecule has 116 valence electrons. The Morgan fingerprint density at radius 1 is 1.45 bits per heavy atom. The fraction of sp³-hybridized carbons (Fsp3) is 0.833. The second kappa shape index (κ2) is 6.43. The van der Waals surface area contributed by atoms with E-state index in [1.807, 2.05) is 6.92 Å². The Morgan fingerprint density at radius 2 is 2.10 bits per heavy atom. The first-order chi connectivity index (χ1) is 9.26. The van der Waals surface area contributed by atoms with Crippen LogP contribution < -0.4 is 0 Å². The number of carbonyl (C=O) groups excluding carboxylic acids is 1. The molecule has 0 radical (unpaired) electrons. The van der Waals surface area contributed by atoms with Crippen molar-refractivity contribution in [1.82, 2.24) is 5.01 Å². The molecule has 20 heavy (non-hydrogen) atoms. The number of alkyl halides is 3. The van der Waals surface area contributed by atoms with Gasteiger partial charge in [-0.25, -0.2) is 4.79 Å². The molecule has 0 aromatic rings. The van der Waals surface area contributed by atoms with Gasteiger partial charge in [0.1, 0.15) is 0 Å². The highest BCUT2D eigenvalue weighted by atomic mass is 19.4. The van der Waals surface area contributed by atoms with Gasteiger partial charge in [-0.1, -0.05) is 19.8 Å². The molecule has 0 spiro atoms. The first-order valence-electron chi connectivity index (χ1n) is 6.58. The third-order valence-corrected chi connectivity index (χ3v) is 3.01. The van der Waals surface area contributed by atoms with Crippen LogP contribution in [0.4, 0.5) is 18.0 Å². The number of hydrazone groups is 1. The normalized spacial score (nSPS) is 22.9. The molecular formula is C12H19F3N2O3. The van der Waals surface area contributed by atoms with Gasteiger partial charge in [-0.3, -0.25) is 0 Å². The molecule has 1 N–H and O–H groups in total. The van der Waals surface area contributed by atoms with E-state index >= 15 is 0 Å². The van der Waals surface area contributed by atoms with Crippen LogP contribution in [0.1, 0.15) is 46.0 Å². The van der Waals surface area contributed by atoms with Gasteiger partial charge in [-0.2, -0.15) is 23.3 Å². The van der Waals surface area contributed by atoms with Crippen LogP contribution in [0.5, 0.6) is 0 Å². The largest absolute Gasteiger partial charge is 0.448 e. The summed E-state index contributed by atoms with van der Waals surface area (Å²) in [6.45, 7) is 3.34. The highest BCUT2D eigenvalue weighted by Crippen LogP contribution is 2.41. The van der Waals surface area contributed by atoms with Crippen LogP contribution in [-0.4, -0.2) is 40.4 Å². The summed E-state index contributed by atoms with van der Waals surface area (Å²) in [5.41, 5.74) is -3.15. The first kappa shape index (κ1) is 16.7. The molecule has 1 atom stereocenters. The number of rotatable bonds is 5. The Hall–Kier alpha value is -1.31. The van der Waals surface area contributed by atoms with Crippen LogP contribution in [-0.2, 0) is 4.74 Å². The lowest BCUT2D eigenvalue weighted by Crippen LogP contribution is -2.56. The van der Waals surface area contributed by atoms with Crippen LogP contribution in [0.15, 0.2) is 5.10 Å². The van der Waals surface area contributed by atoms with Crippen LogP contribution in [0.25, 0.3) is 0 Å². The van der Waals surface area contributed by atoms with E-state index in [9.17, 15) is 23.1 Å². The van der Waals surface area contributed by atoms with Crippen molar-refractivity contribution < 1.29 is 27.8 Å². The number of nitrogens with zero attached hydrogens (tertiary/aromatic N) is 2. The monoisotopic (exact) mass is 296 g/mol. The molecule has 1 aliphatic rings. The number of amides is 1. The van der Waals surface area contributed by atoms with Crippen molar-refractivity contribution in [3.63, 3.8) is 0 Å². The number of unbranched alkanes of at least 4 members (excludes halogenated alkanes) is 2. The minimum Gasteiger partial charge on any atom is -0.448 e. The zero-order chi connectivity index (χ0) is 15.4. The van der Waals surface area contributed by atoms with Gasteiger partial charge in [0.15, 0.2) is 0 Å². The lowest BCUT2D eigenvalue weighted by atomic mass is 10.0. The number of hydrogen-bond donors (Lipinski definition) is 1. The molecular weight excluding hydrogens is 277 g/mol. The van der Waals surface area contributed by atoms with E-state index in [4.69, 9.17) is 0 Å². The minimum atomic E-state index is -4.99. The zero-order valence-electron chi connectivity index (χ0n) is 11.5. The maximum Gasteiger partial charge on any atom is 0.439 e. The van der Waals surface area contributed by atoms with Crippen molar-refractivity contribution in [1.29, 1.82) is 0 Å². The fourth-order valence-corrected chi connectivity index (χ4v) is 1.93. The molecule has 0 unspecified atom stereocenters. The Balaban J connectivity index is 2.89. The van der Waals surface area contributed by atoms with Gasteiger partial charge in [0.2, 0.25) is 0 Å². The maximum atomic E-state index is 13.0. The number of hydrogen-bond acceptors (Lipinski definition) is 4. The van der Waals surface area contributed by atoms with Crippen LogP contribution in [0.3, 0.4) is 0 Å². The van der Waals surface area contributed by atoms with Crippen molar-refractivity contribution in [3.8, 4) is 0 Å². The molecule has 0 aromatic heterocycles. The SMILES string of the molecule is CCCCCC1=NN(C(=O)OCC)[C@](O)(C(F)(F)F)C1. The van der Waals surface area contributed by atoms with E-state index in [2.05, 4.69) is 9.84 Å². The molecule has 0 aliphatic carbocycles. The van der Waals surface area contributed by atoms with Crippen molar-refractivity contribution >= 4 is 11.8 Å². The fourth-order valence-electron chi connectivity index (χ4n) is 1.93. The summed E-state index contributed by atoms with van der Waals surface area (Å²) in [5.74, 6) is 0. The molecule has 5 nitrogen and oxygen atoms in total. The van der Waals surface area contributed by atoms with Crippen molar-refractivity contribution in [3.05, 3.63) is 0 Å². The summed E-state index contributed by atoms with van der Waals surface area (Å²) in [6.07, 6.45) is -4.25. The van der Waals surface area contributed by atoms with Crippen LogP contribution >= 0.6 is 0 Å². The van der Waals surface area contributed by atoms with Crippen LogP contribution in [0.2, 0.25) is 0 Å². The molecule has 1 amide bonds. The Bertz CT molecular complexity index is 385. The molecule has 0 bridgehead atoms. The topological polar surface area (TPSA) is 62.1 Å².